The smallest absolute Gasteiger partial charge is 0.387 e. The van der Waals surface area contributed by atoms with Gasteiger partial charge in [-0.25, -0.2) is 4.68 Å². The van der Waals surface area contributed by atoms with Gasteiger partial charge < -0.3 is 14.8 Å². The van der Waals surface area contributed by atoms with Crippen LogP contribution in [0.3, 0.4) is 0 Å². The van der Waals surface area contributed by atoms with Crippen molar-refractivity contribution in [2.75, 3.05) is 12.4 Å². The molecule has 7 nitrogen and oxygen atoms in total. The quantitative estimate of drug-likeness (QED) is 0.631. The van der Waals surface area contributed by atoms with Crippen molar-refractivity contribution < 1.29 is 23.0 Å². The fourth-order valence-corrected chi connectivity index (χ4v) is 2.81. The summed E-state index contributed by atoms with van der Waals surface area (Å²) in [7, 11) is 1.29. The maximum atomic E-state index is 12.6. The van der Waals surface area contributed by atoms with Crippen molar-refractivity contribution in [1.29, 1.82) is 0 Å². The Labute approximate surface area is 174 Å². The summed E-state index contributed by atoms with van der Waals surface area (Å²) in [6.07, 6.45) is 0. The Morgan fingerprint density at radius 2 is 1.83 bits per heavy atom. The van der Waals surface area contributed by atoms with Crippen LogP contribution in [0.25, 0.3) is 5.69 Å². The van der Waals surface area contributed by atoms with Crippen LogP contribution in [0.1, 0.15) is 16.2 Å². The molecule has 0 radical (unpaired) electrons. The van der Waals surface area contributed by atoms with E-state index in [1.807, 2.05) is 0 Å². The van der Waals surface area contributed by atoms with E-state index in [1.54, 1.807) is 31.2 Å². The van der Waals surface area contributed by atoms with Gasteiger partial charge >= 0.3 is 6.61 Å². The molecule has 0 saturated carbocycles. The van der Waals surface area contributed by atoms with Gasteiger partial charge in [0, 0.05) is 28.5 Å². The second-order valence-corrected chi connectivity index (χ2v) is 6.52. The summed E-state index contributed by atoms with van der Waals surface area (Å²) in [6, 6.07) is 11.9. The van der Waals surface area contributed by atoms with E-state index in [1.165, 1.54) is 30.0 Å². The van der Waals surface area contributed by atoms with E-state index >= 15 is 0 Å². The molecule has 0 spiro atoms. The highest BCUT2D eigenvalue weighted by atomic mass is 35.5. The number of carbonyl (C=O) groups is 1. The molecular weight excluding hydrogens is 420 g/mol. The fourth-order valence-electron chi connectivity index (χ4n) is 2.68. The van der Waals surface area contributed by atoms with Crippen molar-refractivity contribution in [3.05, 3.63) is 75.2 Å². The van der Waals surface area contributed by atoms with Crippen LogP contribution in [0.15, 0.2) is 53.3 Å². The average Bonchev–Trinajstić information content (AvgIpc) is 2.68. The zero-order valence-corrected chi connectivity index (χ0v) is 16.6. The van der Waals surface area contributed by atoms with Gasteiger partial charge in [-0.05, 0) is 43.3 Å². The molecule has 0 atom stereocenters. The van der Waals surface area contributed by atoms with Crippen molar-refractivity contribution in [2.45, 2.75) is 13.5 Å². The molecule has 0 unspecified atom stereocenters. The summed E-state index contributed by atoms with van der Waals surface area (Å²) < 4.78 is 35.9. The molecule has 0 bridgehead atoms. The molecule has 3 rings (SSSR count). The Kier molecular flexibility index (Phi) is 6.31. The van der Waals surface area contributed by atoms with Gasteiger partial charge in [0.05, 0.1) is 12.8 Å². The minimum absolute atomic E-state index is 0.0619. The first-order chi connectivity index (χ1) is 14.3. The number of ether oxygens (including phenoxy) is 2. The van der Waals surface area contributed by atoms with Gasteiger partial charge in [-0.1, -0.05) is 11.6 Å². The average molecular weight is 436 g/mol. The zero-order valence-electron chi connectivity index (χ0n) is 15.9. The largest absolute Gasteiger partial charge is 0.493 e. The number of nitrogens with one attached hydrogen (secondary N) is 1. The van der Waals surface area contributed by atoms with E-state index in [0.29, 0.717) is 16.4 Å². The highest BCUT2D eigenvalue weighted by Crippen LogP contribution is 2.31. The Morgan fingerprint density at radius 1 is 1.13 bits per heavy atom. The molecule has 0 aliphatic carbocycles. The number of methoxy groups -OCH3 is 1. The Hall–Kier alpha value is -3.46. The number of hydrogen-bond acceptors (Lipinski definition) is 5. The standard InChI is InChI=1S/C20H16ClF2N3O4/c1-11-9-15(27)18(25-26(11)14-6-3-12(21)4-7-14)19(28)24-13-5-8-16(29-2)17(10-13)30-20(22)23/h3-10,20H,1-2H3,(H,24,28). The molecule has 1 heterocycles. The number of halogens is 3. The molecule has 0 aliphatic rings. The monoisotopic (exact) mass is 435 g/mol. The summed E-state index contributed by atoms with van der Waals surface area (Å²) in [6.45, 7) is -1.41. The van der Waals surface area contributed by atoms with E-state index < -0.39 is 17.9 Å². The van der Waals surface area contributed by atoms with E-state index in [2.05, 4.69) is 15.2 Å². The molecule has 156 valence electrons. The topological polar surface area (TPSA) is 82.5 Å². The van der Waals surface area contributed by atoms with E-state index in [4.69, 9.17) is 16.3 Å². The van der Waals surface area contributed by atoms with Crippen molar-refractivity contribution in [2.24, 2.45) is 0 Å². The van der Waals surface area contributed by atoms with Crippen LogP contribution in [0, 0.1) is 6.92 Å². The lowest BCUT2D eigenvalue weighted by Crippen LogP contribution is -2.26. The molecule has 0 aliphatic heterocycles. The maximum absolute atomic E-state index is 12.6. The van der Waals surface area contributed by atoms with Gasteiger partial charge in [0.25, 0.3) is 5.91 Å². The zero-order chi connectivity index (χ0) is 21.8. The van der Waals surface area contributed by atoms with Crippen LogP contribution in [-0.2, 0) is 0 Å². The molecule has 0 saturated heterocycles. The van der Waals surface area contributed by atoms with Crippen LogP contribution >= 0.6 is 11.6 Å². The number of benzene rings is 2. The lowest BCUT2D eigenvalue weighted by molar-refractivity contribution is -0.0511. The number of rotatable bonds is 6. The van der Waals surface area contributed by atoms with Crippen LogP contribution in [0.5, 0.6) is 11.5 Å². The van der Waals surface area contributed by atoms with Crippen molar-refractivity contribution in [3.8, 4) is 17.2 Å². The summed E-state index contributed by atoms with van der Waals surface area (Å²) in [4.78, 5) is 25.0. The predicted molar refractivity (Wildman–Crippen MR) is 107 cm³/mol. The Bertz CT molecular complexity index is 1130. The number of carbonyl (C=O) groups excluding carboxylic acids is 1. The second kappa shape index (κ2) is 8.91. The van der Waals surface area contributed by atoms with Crippen LogP contribution < -0.4 is 20.2 Å². The predicted octanol–water partition coefficient (Wildman–Crippen LogP) is 4.06. The number of aryl methyl sites for hydroxylation is 1. The summed E-state index contributed by atoms with van der Waals surface area (Å²) >= 11 is 5.89. The number of amides is 1. The molecule has 1 N–H and O–H groups in total. The molecule has 30 heavy (non-hydrogen) atoms. The van der Waals surface area contributed by atoms with Crippen molar-refractivity contribution in [1.82, 2.24) is 9.78 Å². The number of anilines is 1. The van der Waals surface area contributed by atoms with E-state index in [-0.39, 0.29) is 22.9 Å². The summed E-state index contributed by atoms with van der Waals surface area (Å²) in [5.41, 5.74) is 0.269. The molecule has 1 aromatic heterocycles. The SMILES string of the molecule is COc1ccc(NC(=O)c2nn(-c3ccc(Cl)cc3)c(C)cc2=O)cc1OC(F)F. The third-order valence-corrected chi connectivity index (χ3v) is 4.28. The number of hydrogen-bond donors (Lipinski definition) is 1. The number of alkyl halides is 2. The highest BCUT2D eigenvalue weighted by Gasteiger charge is 2.17. The van der Waals surface area contributed by atoms with Gasteiger partial charge in [-0.15, -0.1) is 0 Å². The number of nitrogens with zero attached hydrogens (tertiary/aromatic N) is 2. The second-order valence-electron chi connectivity index (χ2n) is 6.09. The van der Waals surface area contributed by atoms with E-state index in [9.17, 15) is 18.4 Å². The van der Waals surface area contributed by atoms with Gasteiger partial charge in [-0.2, -0.15) is 13.9 Å². The van der Waals surface area contributed by atoms with E-state index in [0.717, 1.165) is 6.07 Å². The molecule has 1 amide bonds. The Morgan fingerprint density at radius 3 is 2.47 bits per heavy atom. The van der Waals surface area contributed by atoms with Crippen LogP contribution in [0.4, 0.5) is 14.5 Å². The maximum Gasteiger partial charge on any atom is 0.387 e. The lowest BCUT2D eigenvalue weighted by atomic mass is 10.2. The Balaban J connectivity index is 1.93. The molecule has 10 heteroatoms. The highest BCUT2D eigenvalue weighted by molar-refractivity contribution is 6.30. The first kappa shape index (κ1) is 21.3. The third-order valence-electron chi connectivity index (χ3n) is 4.03. The van der Waals surface area contributed by atoms with Gasteiger partial charge in [0.2, 0.25) is 5.43 Å². The molecule has 2 aromatic carbocycles. The van der Waals surface area contributed by atoms with Gasteiger partial charge in [-0.3, -0.25) is 9.59 Å². The number of aromatic nitrogens is 2. The first-order valence-electron chi connectivity index (χ1n) is 8.59. The summed E-state index contributed by atoms with van der Waals surface area (Å²) in [5.74, 6) is -1.01. The van der Waals surface area contributed by atoms with Crippen molar-refractivity contribution >= 4 is 23.2 Å². The molecule has 0 fully saturated rings. The fraction of sp³-hybridized carbons (Fsp3) is 0.150. The van der Waals surface area contributed by atoms with Crippen molar-refractivity contribution in [3.63, 3.8) is 0 Å². The van der Waals surface area contributed by atoms with Crippen LogP contribution in [-0.4, -0.2) is 29.4 Å². The molecular formula is C20H16ClF2N3O4. The lowest BCUT2D eigenvalue weighted by Gasteiger charge is -2.13. The normalized spacial score (nSPS) is 10.7. The minimum Gasteiger partial charge on any atom is -0.493 e. The summed E-state index contributed by atoms with van der Waals surface area (Å²) in [5, 5.41) is 7.13. The van der Waals surface area contributed by atoms with Gasteiger partial charge in [0.1, 0.15) is 0 Å². The van der Waals surface area contributed by atoms with Crippen LogP contribution in [0.2, 0.25) is 5.02 Å². The van der Waals surface area contributed by atoms with Gasteiger partial charge in [0.15, 0.2) is 17.2 Å². The third kappa shape index (κ3) is 4.74. The first-order valence-corrected chi connectivity index (χ1v) is 8.97. The minimum atomic E-state index is -3.07. The molecule has 3 aromatic rings.